The first-order valence-corrected chi connectivity index (χ1v) is 9.91. The van der Waals surface area contributed by atoms with Crippen LogP contribution in [0.25, 0.3) is 0 Å². The molecule has 3 atom stereocenters. The summed E-state index contributed by atoms with van der Waals surface area (Å²) in [5.74, 6) is 5.11. The van der Waals surface area contributed by atoms with E-state index < -0.39 is 12.1 Å². The van der Waals surface area contributed by atoms with E-state index in [9.17, 15) is 9.59 Å². The zero-order chi connectivity index (χ0) is 21.8. The van der Waals surface area contributed by atoms with Crippen LogP contribution in [0.3, 0.4) is 0 Å². The molecule has 0 bridgehead atoms. The average Bonchev–Trinajstić information content (AvgIpc) is 2.65. The smallest absolute Gasteiger partial charge is 0.459 e. The monoisotopic (exact) mass is 404 g/mol. The fourth-order valence-electron chi connectivity index (χ4n) is 5.23. The van der Waals surface area contributed by atoms with Gasteiger partial charge >= 0.3 is 12.1 Å². The summed E-state index contributed by atoms with van der Waals surface area (Å²) < 4.78 is 20.6. The van der Waals surface area contributed by atoms with E-state index in [2.05, 4.69) is 48.7 Å². The maximum atomic E-state index is 11.7. The predicted molar refractivity (Wildman–Crippen MR) is 109 cm³/mol. The molecule has 0 aliphatic heterocycles. The summed E-state index contributed by atoms with van der Waals surface area (Å²) in [7, 11) is 2.56. The molecule has 0 radical (unpaired) electrons. The van der Waals surface area contributed by atoms with Crippen LogP contribution in [0.5, 0.6) is 0 Å². The molecule has 0 spiro atoms. The first-order chi connectivity index (χ1) is 13.6. The van der Waals surface area contributed by atoms with Gasteiger partial charge in [0.2, 0.25) is 0 Å². The Bertz CT molecular complexity index is 766. The third kappa shape index (κ3) is 4.84. The fraction of sp³-hybridized carbons (Fsp3) is 0.652. The van der Waals surface area contributed by atoms with Crippen molar-refractivity contribution in [1.29, 1.82) is 0 Å². The molecular weight excluding hydrogens is 372 g/mol. The van der Waals surface area contributed by atoms with Gasteiger partial charge in [-0.15, -0.1) is 0 Å². The van der Waals surface area contributed by atoms with Gasteiger partial charge in [-0.05, 0) is 48.5 Å². The zero-order valence-corrected chi connectivity index (χ0v) is 18.3. The molecule has 0 aromatic carbocycles. The number of carbonyl (C=O) groups excluding carboxylic acids is 2. The van der Waals surface area contributed by atoms with Crippen molar-refractivity contribution in [2.75, 3.05) is 20.8 Å². The molecule has 0 N–H and O–H groups in total. The third-order valence-corrected chi connectivity index (χ3v) is 6.51. The number of esters is 1. The summed E-state index contributed by atoms with van der Waals surface area (Å²) in [5.41, 5.74) is 1.84. The van der Waals surface area contributed by atoms with Crippen LogP contribution in [0.2, 0.25) is 0 Å². The SMILES string of the molecule is C=C(OC(=O)OC)C1=C(C)[C@H](OCC#CC(=O)OC)C[C@H]2C(C)(C)CCC[C@]12C. The van der Waals surface area contributed by atoms with Crippen LogP contribution in [-0.4, -0.2) is 39.1 Å². The second-order valence-electron chi connectivity index (χ2n) is 8.68. The minimum atomic E-state index is -0.780. The van der Waals surface area contributed by atoms with Gasteiger partial charge in [-0.2, -0.15) is 0 Å². The van der Waals surface area contributed by atoms with E-state index in [1.807, 2.05) is 6.92 Å². The van der Waals surface area contributed by atoms with Crippen molar-refractivity contribution in [3.8, 4) is 11.8 Å². The van der Waals surface area contributed by atoms with Crippen molar-refractivity contribution in [3.05, 3.63) is 23.5 Å². The van der Waals surface area contributed by atoms with Gasteiger partial charge in [-0.3, -0.25) is 0 Å². The highest BCUT2D eigenvalue weighted by atomic mass is 16.7. The van der Waals surface area contributed by atoms with Crippen LogP contribution in [0, 0.1) is 28.6 Å². The van der Waals surface area contributed by atoms with Gasteiger partial charge in [0, 0.05) is 11.5 Å². The zero-order valence-electron chi connectivity index (χ0n) is 18.3. The predicted octanol–water partition coefficient (Wildman–Crippen LogP) is 4.40. The highest BCUT2D eigenvalue weighted by Crippen LogP contribution is 2.61. The minimum absolute atomic E-state index is 0.101. The lowest BCUT2D eigenvalue weighted by molar-refractivity contribution is -0.133. The lowest BCUT2D eigenvalue weighted by Gasteiger charge is -2.56. The molecule has 6 heteroatoms. The van der Waals surface area contributed by atoms with Crippen molar-refractivity contribution in [1.82, 2.24) is 0 Å². The Morgan fingerprint density at radius 1 is 1.17 bits per heavy atom. The molecule has 6 nitrogen and oxygen atoms in total. The summed E-state index contributed by atoms with van der Waals surface area (Å²) in [5, 5.41) is 0. The lowest BCUT2D eigenvalue weighted by atomic mass is 9.49. The Hall–Kier alpha value is -2.26. The maximum absolute atomic E-state index is 11.7. The van der Waals surface area contributed by atoms with Crippen molar-refractivity contribution < 1.29 is 28.5 Å². The van der Waals surface area contributed by atoms with Crippen LogP contribution in [0.15, 0.2) is 23.5 Å². The number of fused-ring (bicyclic) bond motifs is 1. The number of rotatable bonds is 4. The van der Waals surface area contributed by atoms with Crippen molar-refractivity contribution in [2.45, 2.75) is 59.5 Å². The Morgan fingerprint density at radius 2 is 1.86 bits per heavy atom. The number of ether oxygens (including phenoxy) is 4. The summed E-state index contributed by atoms with van der Waals surface area (Å²) >= 11 is 0. The van der Waals surface area contributed by atoms with E-state index >= 15 is 0 Å². The number of methoxy groups -OCH3 is 2. The van der Waals surface area contributed by atoms with E-state index in [-0.39, 0.29) is 23.5 Å². The molecule has 160 valence electrons. The quantitative estimate of drug-likeness (QED) is 0.299. The molecule has 0 unspecified atom stereocenters. The van der Waals surface area contributed by atoms with Crippen LogP contribution < -0.4 is 0 Å². The van der Waals surface area contributed by atoms with Gasteiger partial charge in [-0.1, -0.05) is 39.7 Å². The molecule has 2 aliphatic rings. The van der Waals surface area contributed by atoms with Gasteiger partial charge in [0.05, 0.1) is 20.3 Å². The van der Waals surface area contributed by atoms with E-state index in [4.69, 9.17) is 9.47 Å². The van der Waals surface area contributed by atoms with Crippen LogP contribution in [-0.2, 0) is 23.7 Å². The summed E-state index contributed by atoms with van der Waals surface area (Å²) in [6.07, 6.45) is 3.07. The lowest BCUT2D eigenvalue weighted by Crippen LogP contribution is -2.49. The van der Waals surface area contributed by atoms with Crippen molar-refractivity contribution >= 4 is 12.1 Å². The molecule has 1 fully saturated rings. The van der Waals surface area contributed by atoms with Crippen molar-refractivity contribution in [2.24, 2.45) is 16.7 Å². The Kier molecular flexibility index (Phi) is 7.18. The number of allylic oxidation sites excluding steroid dienone is 1. The maximum Gasteiger partial charge on any atom is 0.513 e. The van der Waals surface area contributed by atoms with Gasteiger partial charge < -0.3 is 18.9 Å². The minimum Gasteiger partial charge on any atom is -0.459 e. The second kappa shape index (κ2) is 9.04. The Morgan fingerprint density at radius 3 is 2.48 bits per heavy atom. The largest absolute Gasteiger partial charge is 0.513 e. The summed E-state index contributed by atoms with van der Waals surface area (Å²) in [4.78, 5) is 22.9. The third-order valence-electron chi connectivity index (χ3n) is 6.51. The summed E-state index contributed by atoms with van der Waals surface area (Å²) in [6.45, 7) is 12.9. The standard InChI is InChI=1S/C23H32O6/c1-15-17(28-13-8-10-19(24)26-6)14-18-22(3,4)11-9-12-23(18,5)20(15)16(2)29-21(25)27-7/h17-18H,2,9,11-14H2,1,3-7H3/t17-,18+,23+/m1/s1. The van der Waals surface area contributed by atoms with E-state index in [1.165, 1.54) is 14.2 Å². The molecule has 1 saturated carbocycles. The Labute approximate surface area is 173 Å². The van der Waals surface area contributed by atoms with Crippen LogP contribution in [0.4, 0.5) is 4.79 Å². The van der Waals surface area contributed by atoms with Crippen molar-refractivity contribution in [3.63, 3.8) is 0 Å². The highest BCUT2D eigenvalue weighted by Gasteiger charge is 2.53. The second-order valence-corrected chi connectivity index (χ2v) is 8.68. The molecule has 0 heterocycles. The highest BCUT2D eigenvalue weighted by molar-refractivity contribution is 5.88. The molecule has 29 heavy (non-hydrogen) atoms. The average molecular weight is 405 g/mol. The first-order valence-electron chi connectivity index (χ1n) is 9.91. The normalized spacial score (nSPS) is 27.8. The molecule has 2 aliphatic carbocycles. The summed E-state index contributed by atoms with van der Waals surface area (Å²) in [6, 6.07) is 0. The Balaban J connectivity index is 2.39. The van der Waals surface area contributed by atoms with E-state index in [0.29, 0.717) is 11.7 Å². The first kappa shape index (κ1) is 23.0. The van der Waals surface area contributed by atoms with Gasteiger partial charge in [0.25, 0.3) is 0 Å². The number of hydrogen-bond donors (Lipinski definition) is 0. The van der Waals surface area contributed by atoms with Gasteiger partial charge in [-0.25, -0.2) is 9.59 Å². The fourth-order valence-corrected chi connectivity index (χ4v) is 5.23. The number of hydrogen-bond acceptors (Lipinski definition) is 6. The van der Waals surface area contributed by atoms with Crippen LogP contribution in [0.1, 0.15) is 53.4 Å². The molecule has 2 rings (SSSR count). The van der Waals surface area contributed by atoms with Gasteiger partial charge in [0.15, 0.2) is 0 Å². The molecule has 0 amide bonds. The van der Waals surface area contributed by atoms with E-state index in [1.54, 1.807) is 0 Å². The molecule has 0 aromatic rings. The molecular formula is C23H32O6. The molecule has 0 aromatic heterocycles. The van der Waals surface area contributed by atoms with Gasteiger partial charge in [0.1, 0.15) is 12.4 Å². The molecule has 0 saturated heterocycles. The van der Waals surface area contributed by atoms with E-state index in [0.717, 1.165) is 36.8 Å². The van der Waals surface area contributed by atoms with Crippen LogP contribution >= 0.6 is 0 Å². The number of carbonyl (C=O) groups is 2. The topological polar surface area (TPSA) is 71.1 Å².